The number of carbonyl (C=O) groups is 2. The minimum Gasteiger partial charge on any atom is -0.480 e. The molecule has 0 saturated carbocycles. The van der Waals surface area contributed by atoms with Crippen LogP contribution in [0.3, 0.4) is 0 Å². The molecule has 0 radical (unpaired) electrons. The van der Waals surface area contributed by atoms with E-state index in [0.29, 0.717) is 21.3 Å². The van der Waals surface area contributed by atoms with Crippen LogP contribution in [0.5, 0.6) is 0 Å². The second-order valence-electron chi connectivity index (χ2n) is 5.34. The smallest absolute Gasteiger partial charge is 0.326 e. The topological polar surface area (TPSA) is 78.4 Å². The average molecular weight is 331 g/mol. The zero-order chi connectivity index (χ0) is 15.7. The first-order valence-electron chi connectivity index (χ1n) is 6.58. The molecule has 1 heterocycles. The van der Waals surface area contributed by atoms with Gasteiger partial charge in [-0.25, -0.2) is 4.79 Å². The van der Waals surface area contributed by atoms with E-state index in [4.69, 9.17) is 23.2 Å². The van der Waals surface area contributed by atoms with Crippen LogP contribution in [-0.4, -0.2) is 23.0 Å². The SMILES string of the molecule is CC(C)C(=O)N[C@@H]1C[C@@H](C(=O)O)Nc2cc(Cl)cc(Cl)c21. The molecule has 1 amide bonds. The van der Waals surface area contributed by atoms with Crippen molar-refractivity contribution >= 4 is 40.8 Å². The molecule has 0 aromatic heterocycles. The normalized spacial score (nSPS) is 20.6. The molecule has 114 valence electrons. The van der Waals surface area contributed by atoms with E-state index in [9.17, 15) is 14.7 Å². The Morgan fingerprint density at radius 1 is 1.38 bits per heavy atom. The first-order chi connectivity index (χ1) is 9.79. The Labute approximate surface area is 132 Å². The van der Waals surface area contributed by atoms with Crippen molar-refractivity contribution in [1.82, 2.24) is 5.32 Å². The van der Waals surface area contributed by atoms with Crippen molar-refractivity contribution in [1.29, 1.82) is 0 Å². The molecule has 0 unspecified atom stereocenters. The molecule has 0 saturated heterocycles. The van der Waals surface area contributed by atoms with E-state index in [2.05, 4.69) is 10.6 Å². The highest BCUT2D eigenvalue weighted by Gasteiger charge is 2.33. The Morgan fingerprint density at radius 3 is 2.62 bits per heavy atom. The Hall–Kier alpha value is -1.46. The molecule has 0 fully saturated rings. The maximum atomic E-state index is 11.9. The molecule has 21 heavy (non-hydrogen) atoms. The van der Waals surface area contributed by atoms with Crippen LogP contribution in [0.4, 0.5) is 5.69 Å². The molecule has 5 nitrogen and oxygen atoms in total. The fraction of sp³-hybridized carbons (Fsp3) is 0.429. The third-order valence-corrected chi connectivity index (χ3v) is 3.91. The summed E-state index contributed by atoms with van der Waals surface area (Å²) in [6.07, 6.45) is 0.224. The Morgan fingerprint density at radius 2 is 2.05 bits per heavy atom. The highest BCUT2D eigenvalue weighted by atomic mass is 35.5. The van der Waals surface area contributed by atoms with Crippen molar-refractivity contribution in [3.8, 4) is 0 Å². The minimum atomic E-state index is -0.986. The predicted octanol–water partition coefficient (Wildman–Crippen LogP) is 3.08. The maximum Gasteiger partial charge on any atom is 0.326 e. The lowest BCUT2D eigenvalue weighted by Crippen LogP contribution is -2.42. The average Bonchev–Trinajstić information content (AvgIpc) is 2.36. The van der Waals surface area contributed by atoms with E-state index in [1.807, 2.05) is 0 Å². The molecule has 7 heteroatoms. The highest BCUT2D eigenvalue weighted by Crippen LogP contribution is 2.39. The number of carboxylic acids is 1. The van der Waals surface area contributed by atoms with Crippen molar-refractivity contribution in [2.45, 2.75) is 32.4 Å². The van der Waals surface area contributed by atoms with Gasteiger partial charge in [-0.15, -0.1) is 0 Å². The van der Waals surface area contributed by atoms with Crippen molar-refractivity contribution < 1.29 is 14.7 Å². The van der Waals surface area contributed by atoms with Gasteiger partial charge >= 0.3 is 5.97 Å². The van der Waals surface area contributed by atoms with Crippen LogP contribution < -0.4 is 10.6 Å². The lowest BCUT2D eigenvalue weighted by Gasteiger charge is -2.33. The van der Waals surface area contributed by atoms with Crippen LogP contribution in [0.2, 0.25) is 10.0 Å². The van der Waals surface area contributed by atoms with Crippen molar-refractivity contribution in [3.05, 3.63) is 27.7 Å². The van der Waals surface area contributed by atoms with Gasteiger partial charge in [0.25, 0.3) is 0 Å². The molecule has 2 rings (SSSR count). The summed E-state index contributed by atoms with van der Waals surface area (Å²) in [6, 6.07) is 1.94. The van der Waals surface area contributed by atoms with Crippen LogP contribution in [0.15, 0.2) is 12.1 Å². The van der Waals surface area contributed by atoms with Crippen molar-refractivity contribution in [2.24, 2.45) is 5.92 Å². The van der Waals surface area contributed by atoms with Gasteiger partial charge in [0.15, 0.2) is 0 Å². The molecule has 3 N–H and O–H groups in total. The van der Waals surface area contributed by atoms with Gasteiger partial charge in [0.05, 0.1) is 6.04 Å². The summed E-state index contributed by atoms with van der Waals surface area (Å²) < 4.78 is 0. The first kappa shape index (κ1) is 15.9. The van der Waals surface area contributed by atoms with Gasteiger partial charge in [0.1, 0.15) is 6.04 Å². The Bertz CT molecular complexity index is 590. The van der Waals surface area contributed by atoms with Gasteiger partial charge in [0, 0.05) is 33.6 Å². The van der Waals surface area contributed by atoms with Crippen LogP contribution in [0, 0.1) is 5.92 Å². The summed E-state index contributed by atoms with van der Waals surface area (Å²) in [7, 11) is 0. The summed E-state index contributed by atoms with van der Waals surface area (Å²) in [5.74, 6) is -1.33. The number of anilines is 1. The van der Waals surface area contributed by atoms with E-state index in [-0.39, 0.29) is 18.2 Å². The zero-order valence-electron chi connectivity index (χ0n) is 11.6. The van der Waals surface area contributed by atoms with E-state index in [1.165, 1.54) is 0 Å². The number of amides is 1. The van der Waals surface area contributed by atoms with Gasteiger partial charge in [-0.05, 0) is 12.1 Å². The molecular weight excluding hydrogens is 315 g/mol. The van der Waals surface area contributed by atoms with Crippen molar-refractivity contribution in [2.75, 3.05) is 5.32 Å². The maximum absolute atomic E-state index is 11.9. The largest absolute Gasteiger partial charge is 0.480 e. The standard InChI is InChI=1S/C14H16Cl2N2O3/c1-6(2)13(19)18-10-5-11(14(20)21)17-9-4-7(15)3-8(16)12(9)10/h3-4,6,10-11,17H,5H2,1-2H3,(H,18,19)(H,20,21)/t10-,11+/m1/s1. The lowest BCUT2D eigenvalue weighted by atomic mass is 9.92. The monoisotopic (exact) mass is 330 g/mol. The Balaban J connectivity index is 2.41. The van der Waals surface area contributed by atoms with Crippen molar-refractivity contribution in [3.63, 3.8) is 0 Å². The quantitative estimate of drug-likeness (QED) is 0.795. The minimum absolute atomic E-state index is 0.150. The molecule has 1 aromatic rings. The molecule has 0 spiro atoms. The zero-order valence-corrected chi connectivity index (χ0v) is 13.1. The number of fused-ring (bicyclic) bond motifs is 1. The van der Waals surface area contributed by atoms with Gasteiger partial charge in [-0.1, -0.05) is 37.0 Å². The summed E-state index contributed by atoms with van der Waals surface area (Å²) >= 11 is 12.2. The van der Waals surface area contributed by atoms with Gasteiger partial charge in [0.2, 0.25) is 5.91 Å². The summed E-state index contributed by atoms with van der Waals surface area (Å²) in [5.41, 5.74) is 1.22. The van der Waals surface area contributed by atoms with E-state index >= 15 is 0 Å². The van der Waals surface area contributed by atoms with Crippen LogP contribution in [0.25, 0.3) is 0 Å². The Kier molecular flexibility index (Phi) is 4.64. The third kappa shape index (κ3) is 3.41. The molecular formula is C14H16Cl2N2O3. The van der Waals surface area contributed by atoms with E-state index in [1.54, 1.807) is 26.0 Å². The predicted molar refractivity (Wildman–Crippen MR) is 81.8 cm³/mol. The lowest BCUT2D eigenvalue weighted by molar-refractivity contribution is -0.138. The number of benzene rings is 1. The van der Waals surface area contributed by atoms with Gasteiger partial charge in [-0.3, -0.25) is 4.79 Å². The first-order valence-corrected chi connectivity index (χ1v) is 7.34. The number of aliphatic carboxylic acids is 1. The summed E-state index contributed by atoms with van der Waals surface area (Å²) in [4.78, 5) is 23.2. The van der Waals surface area contributed by atoms with E-state index in [0.717, 1.165) is 0 Å². The number of nitrogens with one attached hydrogen (secondary N) is 2. The fourth-order valence-corrected chi connectivity index (χ4v) is 2.92. The third-order valence-electron chi connectivity index (χ3n) is 3.38. The number of hydrogen-bond donors (Lipinski definition) is 3. The second kappa shape index (κ2) is 6.12. The molecule has 0 aliphatic carbocycles. The van der Waals surface area contributed by atoms with Crippen LogP contribution >= 0.6 is 23.2 Å². The number of carboxylic acid groups (broad SMARTS) is 1. The number of hydrogen-bond acceptors (Lipinski definition) is 3. The molecule has 2 atom stereocenters. The number of rotatable bonds is 3. The van der Waals surface area contributed by atoms with Crippen LogP contribution in [0.1, 0.15) is 31.9 Å². The van der Waals surface area contributed by atoms with Gasteiger partial charge in [-0.2, -0.15) is 0 Å². The molecule has 1 aliphatic rings. The summed E-state index contributed by atoms with van der Waals surface area (Å²) in [5, 5.41) is 15.8. The fourth-order valence-electron chi connectivity index (χ4n) is 2.29. The molecule has 1 aromatic carbocycles. The number of halogens is 2. The highest BCUT2D eigenvalue weighted by molar-refractivity contribution is 6.35. The second-order valence-corrected chi connectivity index (χ2v) is 6.18. The molecule has 1 aliphatic heterocycles. The van der Waals surface area contributed by atoms with Crippen LogP contribution in [-0.2, 0) is 9.59 Å². The molecule has 0 bridgehead atoms. The summed E-state index contributed by atoms with van der Waals surface area (Å²) in [6.45, 7) is 3.55. The number of carbonyl (C=O) groups excluding carboxylic acids is 1. The van der Waals surface area contributed by atoms with E-state index < -0.39 is 18.1 Å². The van der Waals surface area contributed by atoms with Gasteiger partial charge < -0.3 is 15.7 Å².